The van der Waals surface area contributed by atoms with E-state index in [4.69, 9.17) is 4.42 Å². The summed E-state index contributed by atoms with van der Waals surface area (Å²) in [4.78, 5) is 12.2. The van der Waals surface area contributed by atoms with Crippen LogP contribution < -0.4 is 5.32 Å². The van der Waals surface area contributed by atoms with E-state index in [1.807, 2.05) is 55.5 Å². The highest BCUT2D eigenvalue weighted by molar-refractivity contribution is 5.92. The Morgan fingerprint density at radius 2 is 1.91 bits per heavy atom. The standard InChI is InChI=1S/C18H17N3O2/c1-12-6-3-4-7-14(12)11-17(22)19-16-9-5-8-15(10-16)18-21-20-13(2)23-18/h3-10H,11H2,1-2H3,(H,19,22). The molecule has 1 N–H and O–H groups in total. The Morgan fingerprint density at radius 3 is 2.65 bits per heavy atom. The molecule has 0 aliphatic carbocycles. The number of carbonyl (C=O) groups excluding carboxylic acids is 1. The smallest absolute Gasteiger partial charge is 0.247 e. The molecule has 0 saturated carbocycles. The number of nitrogens with one attached hydrogen (secondary N) is 1. The largest absolute Gasteiger partial charge is 0.421 e. The normalized spacial score (nSPS) is 10.5. The third-order valence-corrected chi connectivity index (χ3v) is 3.53. The molecule has 1 heterocycles. The van der Waals surface area contributed by atoms with E-state index >= 15 is 0 Å². The summed E-state index contributed by atoms with van der Waals surface area (Å²) in [7, 11) is 0. The van der Waals surface area contributed by atoms with Crippen LogP contribution >= 0.6 is 0 Å². The predicted octanol–water partition coefficient (Wildman–Crippen LogP) is 3.53. The molecule has 5 nitrogen and oxygen atoms in total. The van der Waals surface area contributed by atoms with Crippen LogP contribution in [0.3, 0.4) is 0 Å². The molecule has 1 aromatic heterocycles. The van der Waals surface area contributed by atoms with Crippen LogP contribution in [0.5, 0.6) is 0 Å². The van der Waals surface area contributed by atoms with Crippen LogP contribution in [0.1, 0.15) is 17.0 Å². The quantitative estimate of drug-likeness (QED) is 0.800. The number of aryl methyl sites for hydroxylation is 2. The maximum absolute atomic E-state index is 12.2. The molecule has 0 saturated heterocycles. The van der Waals surface area contributed by atoms with Crippen molar-refractivity contribution in [1.82, 2.24) is 10.2 Å². The zero-order chi connectivity index (χ0) is 16.2. The molecule has 5 heteroatoms. The Hall–Kier alpha value is -2.95. The second-order valence-electron chi connectivity index (χ2n) is 5.36. The summed E-state index contributed by atoms with van der Waals surface area (Å²) in [6.45, 7) is 3.74. The summed E-state index contributed by atoms with van der Waals surface area (Å²) in [5.74, 6) is 0.893. The molecule has 0 atom stereocenters. The molecule has 3 rings (SSSR count). The maximum atomic E-state index is 12.2. The highest BCUT2D eigenvalue weighted by atomic mass is 16.4. The van der Waals surface area contributed by atoms with Gasteiger partial charge in [0.25, 0.3) is 0 Å². The third-order valence-electron chi connectivity index (χ3n) is 3.53. The lowest BCUT2D eigenvalue weighted by Gasteiger charge is -2.08. The molecular weight excluding hydrogens is 290 g/mol. The Bertz CT molecular complexity index is 840. The predicted molar refractivity (Wildman–Crippen MR) is 88.0 cm³/mol. The lowest BCUT2D eigenvalue weighted by Crippen LogP contribution is -2.15. The maximum Gasteiger partial charge on any atom is 0.247 e. The Labute approximate surface area is 134 Å². The van der Waals surface area contributed by atoms with Gasteiger partial charge in [0.05, 0.1) is 6.42 Å². The van der Waals surface area contributed by atoms with Crippen molar-refractivity contribution in [2.24, 2.45) is 0 Å². The van der Waals surface area contributed by atoms with Crippen LogP contribution in [0.4, 0.5) is 5.69 Å². The van der Waals surface area contributed by atoms with E-state index in [9.17, 15) is 4.79 Å². The van der Waals surface area contributed by atoms with E-state index < -0.39 is 0 Å². The minimum absolute atomic E-state index is 0.0573. The second-order valence-corrected chi connectivity index (χ2v) is 5.36. The number of rotatable bonds is 4. The van der Waals surface area contributed by atoms with E-state index in [0.717, 1.165) is 16.7 Å². The van der Waals surface area contributed by atoms with Gasteiger partial charge in [0.15, 0.2) is 0 Å². The lowest BCUT2D eigenvalue weighted by molar-refractivity contribution is -0.115. The average molecular weight is 307 g/mol. The zero-order valence-corrected chi connectivity index (χ0v) is 13.0. The van der Waals surface area contributed by atoms with E-state index in [1.54, 1.807) is 6.92 Å². The minimum atomic E-state index is -0.0573. The van der Waals surface area contributed by atoms with Gasteiger partial charge in [-0.2, -0.15) is 0 Å². The summed E-state index contributed by atoms with van der Waals surface area (Å²) in [6.07, 6.45) is 0.344. The SMILES string of the molecule is Cc1nnc(-c2cccc(NC(=O)Cc3ccccc3C)c2)o1. The highest BCUT2D eigenvalue weighted by Gasteiger charge is 2.09. The number of benzene rings is 2. The summed E-state index contributed by atoms with van der Waals surface area (Å²) < 4.78 is 5.41. The molecule has 0 bridgehead atoms. The van der Waals surface area contributed by atoms with Crippen LogP contribution in [0.25, 0.3) is 11.5 Å². The molecule has 0 spiro atoms. The molecule has 0 aliphatic rings. The molecular formula is C18H17N3O2. The molecule has 0 unspecified atom stereocenters. The molecule has 0 aliphatic heterocycles. The number of anilines is 1. The van der Waals surface area contributed by atoms with Crippen LogP contribution in [0.2, 0.25) is 0 Å². The monoisotopic (exact) mass is 307 g/mol. The first-order valence-electron chi connectivity index (χ1n) is 7.37. The van der Waals surface area contributed by atoms with Crippen molar-refractivity contribution in [2.75, 3.05) is 5.32 Å². The first kappa shape index (κ1) is 15.0. The first-order valence-corrected chi connectivity index (χ1v) is 7.37. The van der Waals surface area contributed by atoms with Crippen molar-refractivity contribution in [2.45, 2.75) is 20.3 Å². The average Bonchev–Trinajstić information content (AvgIpc) is 2.96. The molecule has 0 fully saturated rings. The number of hydrogen-bond acceptors (Lipinski definition) is 4. The van der Waals surface area contributed by atoms with Crippen molar-refractivity contribution >= 4 is 11.6 Å². The van der Waals surface area contributed by atoms with E-state index in [2.05, 4.69) is 15.5 Å². The molecule has 0 radical (unpaired) electrons. The number of amides is 1. The topological polar surface area (TPSA) is 68.0 Å². The van der Waals surface area contributed by atoms with Gasteiger partial charge < -0.3 is 9.73 Å². The summed E-state index contributed by atoms with van der Waals surface area (Å²) >= 11 is 0. The van der Waals surface area contributed by atoms with Crippen LogP contribution in [-0.4, -0.2) is 16.1 Å². The van der Waals surface area contributed by atoms with Gasteiger partial charge >= 0.3 is 0 Å². The number of carbonyl (C=O) groups is 1. The van der Waals surface area contributed by atoms with Gasteiger partial charge in [-0.3, -0.25) is 4.79 Å². The fraction of sp³-hybridized carbons (Fsp3) is 0.167. The van der Waals surface area contributed by atoms with Gasteiger partial charge in [-0.15, -0.1) is 10.2 Å². The number of aromatic nitrogens is 2. The van der Waals surface area contributed by atoms with E-state index in [1.165, 1.54) is 0 Å². The van der Waals surface area contributed by atoms with Crippen LogP contribution in [0, 0.1) is 13.8 Å². The fourth-order valence-electron chi connectivity index (χ4n) is 2.33. The van der Waals surface area contributed by atoms with Gasteiger partial charge in [0.2, 0.25) is 17.7 Å². The van der Waals surface area contributed by atoms with Gasteiger partial charge in [0.1, 0.15) is 0 Å². The molecule has 23 heavy (non-hydrogen) atoms. The molecule has 1 amide bonds. The van der Waals surface area contributed by atoms with Gasteiger partial charge in [-0.25, -0.2) is 0 Å². The summed E-state index contributed by atoms with van der Waals surface area (Å²) in [5.41, 5.74) is 3.61. The molecule has 3 aromatic rings. The van der Waals surface area contributed by atoms with Crippen LogP contribution in [-0.2, 0) is 11.2 Å². The molecule has 116 valence electrons. The van der Waals surface area contributed by atoms with Crippen molar-refractivity contribution < 1.29 is 9.21 Å². The second kappa shape index (κ2) is 6.44. The van der Waals surface area contributed by atoms with Gasteiger partial charge in [0, 0.05) is 18.2 Å². The number of nitrogens with zero attached hydrogens (tertiary/aromatic N) is 2. The Morgan fingerprint density at radius 1 is 1.09 bits per heavy atom. The van der Waals surface area contributed by atoms with Crippen molar-refractivity contribution in [1.29, 1.82) is 0 Å². The number of hydrogen-bond donors (Lipinski definition) is 1. The fourth-order valence-corrected chi connectivity index (χ4v) is 2.33. The van der Waals surface area contributed by atoms with Crippen molar-refractivity contribution in [3.8, 4) is 11.5 Å². The van der Waals surface area contributed by atoms with E-state index in [0.29, 0.717) is 23.9 Å². The summed E-state index contributed by atoms with van der Waals surface area (Å²) in [5, 5.41) is 10.7. The first-order chi connectivity index (χ1) is 11.1. The zero-order valence-electron chi connectivity index (χ0n) is 13.0. The third kappa shape index (κ3) is 3.63. The summed E-state index contributed by atoms with van der Waals surface area (Å²) in [6, 6.07) is 15.2. The van der Waals surface area contributed by atoms with Gasteiger partial charge in [-0.05, 0) is 36.2 Å². The van der Waals surface area contributed by atoms with Crippen LogP contribution in [0.15, 0.2) is 52.9 Å². The van der Waals surface area contributed by atoms with Gasteiger partial charge in [-0.1, -0.05) is 30.3 Å². The highest BCUT2D eigenvalue weighted by Crippen LogP contribution is 2.21. The van der Waals surface area contributed by atoms with Crippen molar-refractivity contribution in [3.63, 3.8) is 0 Å². The van der Waals surface area contributed by atoms with Crippen molar-refractivity contribution in [3.05, 3.63) is 65.5 Å². The molecule has 2 aromatic carbocycles. The minimum Gasteiger partial charge on any atom is -0.421 e. The lowest BCUT2D eigenvalue weighted by atomic mass is 10.1. The van der Waals surface area contributed by atoms with E-state index in [-0.39, 0.29) is 5.91 Å². The Balaban J connectivity index is 1.73. The Kier molecular flexibility index (Phi) is 4.19.